The number of hydrogen-bond acceptors (Lipinski definition) is 3. The van der Waals surface area contributed by atoms with E-state index >= 15 is 0 Å². The van der Waals surface area contributed by atoms with E-state index in [-0.39, 0.29) is 11.9 Å². The van der Waals surface area contributed by atoms with E-state index in [4.69, 9.17) is 0 Å². The molecule has 0 radical (unpaired) electrons. The number of rotatable bonds is 6. The molecular formula is C18H21N5O. The van der Waals surface area contributed by atoms with Crippen LogP contribution in [0.4, 0.5) is 0 Å². The third-order valence-corrected chi connectivity index (χ3v) is 4.08. The lowest BCUT2D eigenvalue weighted by Crippen LogP contribution is -2.33. The van der Waals surface area contributed by atoms with Gasteiger partial charge in [0, 0.05) is 38.4 Å². The molecule has 6 nitrogen and oxygen atoms in total. The highest BCUT2D eigenvalue weighted by atomic mass is 16.2. The predicted octanol–water partition coefficient (Wildman–Crippen LogP) is 2.35. The van der Waals surface area contributed by atoms with Crippen LogP contribution >= 0.6 is 0 Å². The van der Waals surface area contributed by atoms with Gasteiger partial charge >= 0.3 is 0 Å². The van der Waals surface area contributed by atoms with Gasteiger partial charge in [-0.2, -0.15) is 0 Å². The number of imidazole rings is 2. The number of carbonyl (C=O) groups excluding carboxylic acids is 1. The summed E-state index contributed by atoms with van der Waals surface area (Å²) in [4.78, 5) is 22.7. The first-order valence-corrected chi connectivity index (χ1v) is 7.91. The highest BCUT2D eigenvalue weighted by molar-refractivity contribution is 5.79. The zero-order valence-corrected chi connectivity index (χ0v) is 13.9. The molecule has 124 valence electrons. The van der Waals surface area contributed by atoms with Crippen LogP contribution in [0.3, 0.4) is 0 Å². The van der Waals surface area contributed by atoms with Gasteiger partial charge in [0.05, 0.1) is 12.9 Å². The van der Waals surface area contributed by atoms with E-state index in [1.54, 1.807) is 41.4 Å². The Hall–Kier alpha value is -2.89. The zero-order chi connectivity index (χ0) is 16.9. The Kier molecular flexibility index (Phi) is 4.74. The molecule has 0 fully saturated rings. The second-order valence-electron chi connectivity index (χ2n) is 5.84. The van der Waals surface area contributed by atoms with Crippen molar-refractivity contribution in [1.29, 1.82) is 0 Å². The third-order valence-electron chi connectivity index (χ3n) is 4.08. The summed E-state index contributed by atoms with van der Waals surface area (Å²) in [5.74, 6) is 0.898. The summed E-state index contributed by atoms with van der Waals surface area (Å²) in [7, 11) is 1.80. The molecule has 0 N–H and O–H groups in total. The largest absolute Gasteiger partial charge is 0.336 e. The van der Waals surface area contributed by atoms with E-state index in [2.05, 4.69) is 26.7 Å². The number of nitrogens with zero attached hydrogens (tertiary/aromatic N) is 5. The summed E-state index contributed by atoms with van der Waals surface area (Å²) in [6.07, 6.45) is 8.85. The molecule has 0 saturated carbocycles. The maximum Gasteiger partial charge on any atom is 0.245 e. The first-order valence-electron chi connectivity index (χ1n) is 7.91. The van der Waals surface area contributed by atoms with Crippen LogP contribution in [0.15, 0.2) is 61.4 Å². The summed E-state index contributed by atoms with van der Waals surface area (Å²) in [6.45, 7) is 3.09. The quantitative estimate of drug-likeness (QED) is 0.700. The first kappa shape index (κ1) is 16.0. The van der Waals surface area contributed by atoms with E-state index in [0.29, 0.717) is 6.54 Å². The van der Waals surface area contributed by atoms with Gasteiger partial charge in [0.2, 0.25) is 5.91 Å². The van der Waals surface area contributed by atoms with Crippen molar-refractivity contribution in [2.45, 2.75) is 26.1 Å². The molecule has 0 aliphatic carbocycles. The van der Waals surface area contributed by atoms with Crippen LogP contribution in [0.25, 0.3) is 0 Å². The fraction of sp³-hybridized carbons (Fsp3) is 0.278. The van der Waals surface area contributed by atoms with Gasteiger partial charge in [0.15, 0.2) is 0 Å². The second kappa shape index (κ2) is 7.12. The van der Waals surface area contributed by atoms with E-state index in [1.807, 2.05) is 31.3 Å². The molecule has 0 saturated heterocycles. The molecule has 1 atom stereocenters. The molecule has 0 aliphatic heterocycles. The van der Waals surface area contributed by atoms with Crippen molar-refractivity contribution < 1.29 is 4.79 Å². The van der Waals surface area contributed by atoms with E-state index < -0.39 is 0 Å². The van der Waals surface area contributed by atoms with Crippen molar-refractivity contribution in [2.75, 3.05) is 7.05 Å². The molecule has 6 heteroatoms. The number of aromatic nitrogens is 4. The van der Waals surface area contributed by atoms with Gasteiger partial charge in [-0.1, -0.05) is 30.3 Å². The highest BCUT2D eigenvalue weighted by Crippen LogP contribution is 2.12. The zero-order valence-electron chi connectivity index (χ0n) is 13.9. The van der Waals surface area contributed by atoms with Crippen molar-refractivity contribution >= 4 is 5.91 Å². The minimum absolute atomic E-state index is 0.0299. The second-order valence-corrected chi connectivity index (χ2v) is 5.84. The van der Waals surface area contributed by atoms with E-state index in [9.17, 15) is 4.79 Å². The van der Waals surface area contributed by atoms with Gasteiger partial charge in [-0.3, -0.25) is 4.79 Å². The minimum Gasteiger partial charge on any atom is -0.336 e. The molecule has 0 bridgehead atoms. The molecule has 1 unspecified atom stereocenters. The minimum atomic E-state index is -0.282. The van der Waals surface area contributed by atoms with Gasteiger partial charge in [0.1, 0.15) is 11.9 Å². The van der Waals surface area contributed by atoms with E-state index in [0.717, 1.165) is 12.4 Å². The summed E-state index contributed by atoms with van der Waals surface area (Å²) >= 11 is 0. The topological polar surface area (TPSA) is 56.0 Å². The molecule has 0 spiro atoms. The Balaban J connectivity index is 1.68. The van der Waals surface area contributed by atoms with Crippen LogP contribution in [0.2, 0.25) is 0 Å². The van der Waals surface area contributed by atoms with Gasteiger partial charge in [-0.25, -0.2) is 9.97 Å². The molecular weight excluding hydrogens is 302 g/mol. The Labute approximate surface area is 141 Å². The van der Waals surface area contributed by atoms with E-state index in [1.165, 1.54) is 5.56 Å². The Morgan fingerprint density at radius 1 is 1.21 bits per heavy atom. The maximum atomic E-state index is 12.6. The van der Waals surface area contributed by atoms with Gasteiger partial charge in [-0.15, -0.1) is 0 Å². The molecule has 0 aliphatic rings. The fourth-order valence-corrected chi connectivity index (χ4v) is 2.65. The Morgan fingerprint density at radius 2 is 2.00 bits per heavy atom. The van der Waals surface area contributed by atoms with Crippen LogP contribution in [-0.4, -0.2) is 37.0 Å². The molecule has 2 heterocycles. The van der Waals surface area contributed by atoms with Crippen molar-refractivity contribution in [2.24, 2.45) is 0 Å². The monoisotopic (exact) mass is 323 g/mol. The molecule has 3 rings (SSSR count). The van der Waals surface area contributed by atoms with Gasteiger partial charge in [-0.05, 0) is 12.5 Å². The molecule has 3 aromatic rings. The lowest BCUT2D eigenvalue weighted by Gasteiger charge is -2.22. The average Bonchev–Trinajstić information content (AvgIpc) is 3.27. The number of hydrogen-bond donors (Lipinski definition) is 0. The summed E-state index contributed by atoms with van der Waals surface area (Å²) in [5, 5.41) is 0. The van der Waals surface area contributed by atoms with Crippen molar-refractivity contribution in [3.63, 3.8) is 0 Å². The van der Waals surface area contributed by atoms with Crippen molar-refractivity contribution in [1.82, 2.24) is 24.0 Å². The van der Waals surface area contributed by atoms with Crippen LogP contribution in [0.5, 0.6) is 0 Å². The first-order chi connectivity index (χ1) is 11.6. The maximum absolute atomic E-state index is 12.6. The lowest BCUT2D eigenvalue weighted by molar-refractivity contribution is -0.133. The number of likely N-dealkylation sites (N-methyl/N-ethyl adjacent to an activating group) is 1. The molecule has 24 heavy (non-hydrogen) atoms. The van der Waals surface area contributed by atoms with Crippen molar-refractivity contribution in [3.8, 4) is 0 Å². The molecule has 1 aromatic carbocycles. The number of amides is 1. The lowest BCUT2D eigenvalue weighted by atomic mass is 10.2. The number of benzene rings is 1. The smallest absolute Gasteiger partial charge is 0.245 e. The third kappa shape index (κ3) is 3.53. The number of carbonyl (C=O) groups is 1. The average molecular weight is 323 g/mol. The van der Waals surface area contributed by atoms with Crippen LogP contribution in [0, 0.1) is 0 Å². The summed E-state index contributed by atoms with van der Waals surface area (Å²) < 4.78 is 3.87. The van der Waals surface area contributed by atoms with Crippen LogP contribution in [0.1, 0.15) is 24.4 Å². The van der Waals surface area contributed by atoms with Gasteiger partial charge < -0.3 is 14.0 Å². The normalized spacial score (nSPS) is 12.1. The SMILES string of the molecule is CC(C(=O)N(C)Cc1nccn1Cc1ccccc1)n1ccnc1. The standard InChI is InChI=1S/C18H21N5O/c1-15(23-10-8-19-14-23)18(24)21(2)13-17-20-9-11-22(17)12-16-6-4-3-5-7-16/h3-11,14-15H,12-13H2,1-2H3. The fourth-order valence-electron chi connectivity index (χ4n) is 2.65. The Bertz CT molecular complexity index is 779. The molecule has 2 aromatic heterocycles. The van der Waals surface area contributed by atoms with Gasteiger partial charge in [0.25, 0.3) is 0 Å². The summed E-state index contributed by atoms with van der Waals surface area (Å²) in [6, 6.07) is 9.93. The predicted molar refractivity (Wildman–Crippen MR) is 91.2 cm³/mol. The Morgan fingerprint density at radius 3 is 2.71 bits per heavy atom. The van der Waals surface area contributed by atoms with Crippen LogP contribution < -0.4 is 0 Å². The van der Waals surface area contributed by atoms with Crippen molar-refractivity contribution in [3.05, 3.63) is 72.8 Å². The molecule has 1 amide bonds. The van der Waals surface area contributed by atoms with Crippen LogP contribution in [-0.2, 0) is 17.9 Å². The highest BCUT2D eigenvalue weighted by Gasteiger charge is 2.20. The summed E-state index contributed by atoms with van der Waals surface area (Å²) in [5.41, 5.74) is 1.21.